The van der Waals surface area contributed by atoms with Crippen molar-refractivity contribution >= 4 is 11.4 Å². The number of nitriles is 1. The third kappa shape index (κ3) is 2.87. The number of hydrogen-bond acceptors (Lipinski definition) is 5. The Bertz CT molecular complexity index is 464. The first-order valence-corrected chi connectivity index (χ1v) is 7.07. The lowest BCUT2D eigenvalue weighted by molar-refractivity contribution is 0.122. The van der Waals surface area contributed by atoms with Gasteiger partial charge in [0.25, 0.3) is 0 Å². The van der Waals surface area contributed by atoms with E-state index < -0.39 is 0 Å². The third-order valence-electron chi connectivity index (χ3n) is 3.78. The second kappa shape index (κ2) is 6.12. The Balaban J connectivity index is 1.87. The first kappa shape index (κ1) is 13.2. The number of nitrogens with zero attached hydrogens (tertiary/aromatic N) is 3. The molecule has 2 aliphatic heterocycles. The Morgan fingerprint density at radius 1 is 0.800 bits per heavy atom. The van der Waals surface area contributed by atoms with E-state index in [0.29, 0.717) is 0 Å². The maximum atomic E-state index is 9.25. The van der Waals surface area contributed by atoms with Gasteiger partial charge in [-0.05, 0) is 18.2 Å². The van der Waals surface area contributed by atoms with Gasteiger partial charge in [0.2, 0.25) is 0 Å². The molecule has 0 radical (unpaired) electrons. The van der Waals surface area contributed by atoms with Crippen LogP contribution < -0.4 is 9.80 Å². The van der Waals surface area contributed by atoms with E-state index in [2.05, 4.69) is 21.9 Å². The van der Waals surface area contributed by atoms with Crippen LogP contribution in [0.3, 0.4) is 0 Å². The van der Waals surface area contributed by atoms with Crippen LogP contribution >= 0.6 is 0 Å². The van der Waals surface area contributed by atoms with E-state index in [0.717, 1.165) is 69.5 Å². The summed E-state index contributed by atoms with van der Waals surface area (Å²) in [5.74, 6) is 0. The highest BCUT2D eigenvalue weighted by atomic mass is 16.5. The number of rotatable bonds is 2. The van der Waals surface area contributed by atoms with Crippen molar-refractivity contribution in [3.05, 3.63) is 23.8 Å². The van der Waals surface area contributed by atoms with Gasteiger partial charge in [0, 0.05) is 37.6 Å². The zero-order valence-corrected chi connectivity index (χ0v) is 11.5. The summed E-state index contributed by atoms with van der Waals surface area (Å²) in [6.07, 6.45) is 0. The topological polar surface area (TPSA) is 48.7 Å². The fourth-order valence-electron chi connectivity index (χ4n) is 2.67. The Kier molecular flexibility index (Phi) is 4.05. The number of morpholine rings is 2. The molecule has 0 saturated carbocycles. The molecule has 0 bridgehead atoms. The van der Waals surface area contributed by atoms with Crippen LogP contribution in [0.25, 0.3) is 0 Å². The molecule has 2 fully saturated rings. The molecule has 2 heterocycles. The van der Waals surface area contributed by atoms with Crippen molar-refractivity contribution in [2.45, 2.75) is 0 Å². The van der Waals surface area contributed by atoms with E-state index in [1.165, 1.54) is 0 Å². The molecule has 20 heavy (non-hydrogen) atoms. The van der Waals surface area contributed by atoms with Gasteiger partial charge in [-0.1, -0.05) is 0 Å². The number of benzene rings is 1. The molecular weight excluding hydrogens is 254 g/mol. The zero-order chi connectivity index (χ0) is 13.8. The second-order valence-electron chi connectivity index (χ2n) is 5.05. The summed E-state index contributed by atoms with van der Waals surface area (Å²) in [7, 11) is 0. The molecule has 1 aromatic rings. The van der Waals surface area contributed by atoms with Crippen LogP contribution in [0.5, 0.6) is 0 Å². The van der Waals surface area contributed by atoms with Gasteiger partial charge < -0.3 is 19.3 Å². The SMILES string of the molecule is N#Cc1cc(N2CCOCC2)cc(N2CCOCC2)c1. The minimum atomic E-state index is 0.718. The van der Waals surface area contributed by atoms with Gasteiger partial charge in [0.05, 0.1) is 38.1 Å². The van der Waals surface area contributed by atoms with Gasteiger partial charge in [-0.2, -0.15) is 5.26 Å². The standard InChI is InChI=1S/C15H19N3O2/c16-12-13-9-14(17-1-5-19-6-2-17)11-15(10-13)18-3-7-20-8-4-18/h9-11H,1-8H2. The largest absolute Gasteiger partial charge is 0.378 e. The van der Waals surface area contributed by atoms with E-state index >= 15 is 0 Å². The molecule has 0 N–H and O–H groups in total. The van der Waals surface area contributed by atoms with Crippen LogP contribution in [0, 0.1) is 11.3 Å². The van der Waals surface area contributed by atoms with Crippen LogP contribution in [-0.4, -0.2) is 52.6 Å². The van der Waals surface area contributed by atoms with Crippen LogP contribution in [0.15, 0.2) is 18.2 Å². The minimum Gasteiger partial charge on any atom is -0.378 e. The third-order valence-corrected chi connectivity index (χ3v) is 3.78. The first-order chi connectivity index (χ1) is 9.86. The summed E-state index contributed by atoms with van der Waals surface area (Å²) in [5.41, 5.74) is 2.96. The smallest absolute Gasteiger partial charge is 0.0993 e. The van der Waals surface area contributed by atoms with E-state index in [4.69, 9.17) is 9.47 Å². The molecule has 2 aliphatic rings. The molecule has 0 spiro atoms. The van der Waals surface area contributed by atoms with Gasteiger partial charge in [-0.3, -0.25) is 0 Å². The minimum absolute atomic E-state index is 0.718. The van der Waals surface area contributed by atoms with Crippen molar-refractivity contribution in [3.63, 3.8) is 0 Å². The van der Waals surface area contributed by atoms with Gasteiger partial charge in [0.15, 0.2) is 0 Å². The highest BCUT2D eigenvalue weighted by Crippen LogP contribution is 2.26. The molecule has 5 nitrogen and oxygen atoms in total. The normalized spacial score (nSPS) is 19.8. The fourth-order valence-corrected chi connectivity index (χ4v) is 2.67. The molecule has 0 unspecified atom stereocenters. The molecule has 1 aromatic carbocycles. The molecular formula is C15H19N3O2. The fraction of sp³-hybridized carbons (Fsp3) is 0.533. The molecule has 2 saturated heterocycles. The highest BCUT2D eigenvalue weighted by molar-refractivity contribution is 5.64. The lowest BCUT2D eigenvalue weighted by atomic mass is 10.1. The molecule has 3 rings (SSSR count). The predicted molar refractivity (Wildman–Crippen MR) is 77.2 cm³/mol. The van der Waals surface area contributed by atoms with Crippen molar-refractivity contribution in [2.75, 3.05) is 62.4 Å². The Morgan fingerprint density at radius 2 is 1.25 bits per heavy atom. The van der Waals surface area contributed by atoms with Crippen LogP contribution in [-0.2, 0) is 9.47 Å². The van der Waals surface area contributed by atoms with Gasteiger partial charge in [-0.15, -0.1) is 0 Å². The maximum absolute atomic E-state index is 9.25. The monoisotopic (exact) mass is 273 g/mol. The van der Waals surface area contributed by atoms with E-state index in [1.54, 1.807) is 0 Å². The highest BCUT2D eigenvalue weighted by Gasteiger charge is 2.16. The predicted octanol–water partition coefficient (Wildman–Crippen LogP) is 1.23. The summed E-state index contributed by atoms with van der Waals surface area (Å²) >= 11 is 0. The van der Waals surface area contributed by atoms with Crippen LogP contribution in [0.4, 0.5) is 11.4 Å². The van der Waals surface area contributed by atoms with Crippen LogP contribution in [0.1, 0.15) is 5.56 Å². The summed E-state index contributed by atoms with van der Waals surface area (Å²) in [6, 6.07) is 8.38. The molecule has 0 aliphatic carbocycles. The molecule has 5 heteroatoms. The van der Waals surface area contributed by atoms with Crippen molar-refractivity contribution < 1.29 is 9.47 Å². The summed E-state index contributed by atoms with van der Waals surface area (Å²) in [5, 5.41) is 9.25. The lowest BCUT2D eigenvalue weighted by Gasteiger charge is -2.32. The van der Waals surface area contributed by atoms with E-state index in [1.807, 2.05) is 12.1 Å². The number of ether oxygens (including phenoxy) is 2. The Hall–Kier alpha value is -1.77. The lowest BCUT2D eigenvalue weighted by Crippen LogP contribution is -2.38. The molecule has 0 amide bonds. The molecule has 0 aromatic heterocycles. The number of hydrogen-bond donors (Lipinski definition) is 0. The van der Waals surface area contributed by atoms with Crippen molar-refractivity contribution in [3.8, 4) is 6.07 Å². The van der Waals surface area contributed by atoms with Crippen molar-refractivity contribution in [1.29, 1.82) is 5.26 Å². The quantitative estimate of drug-likeness (QED) is 0.811. The second-order valence-corrected chi connectivity index (χ2v) is 5.05. The van der Waals surface area contributed by atoms with Gasteiger partial charge in [0.1, 0.15) is 0 Å². The number of anilines is 2. The van der Waals surface area contributed by atoms with E-state index in [9.17, 15) is 5.26 Å². The Morgan fingerprint density at radius 3 is 1.65 bits per heavy atom. The van der Waals surface area contributed by atoms with Crippen molar-refractivity contribution in [1.82, 2.24) is 0 Å². The summed E-state index contributed by atoms with van der Waals surface area (Å²) < 4.78 is 10.8. The average Bonchev–Trinajstić information content (AvgIpc) is 2.56. The Labute approximate surface area is 119 Å². The first-order valence-electron chi connectivity index (χ1n) is 7.07. The summed E-state index contributed by atoms with van der Waals surface area (Å²) in [6.45, 7) is 6.56. The summed E-state index contributed by atoms with van der Waals surface area (Å²) in [4.78, 5) is 4.57. The average molecular weight is 273 g/mol. The zero-order valence-electron chi connectivity index (χ0n) is 11.5. The van der Waals surface area contributed by atoms with E-state index in [-0.39, 0.29) is 0 Å². The van der Waals surface area contributed by atoms with Crippen molar-refractivity contribution in [2.24, 2.45) is 0 Å². The van der Waals surface area contributed by atoms with Gasteiger partial charge in [-0.25, -0.2) is 0 Å². The molecule has 106 valence electrons. The molecule has 0 atom stereocenters. The van der Waals surface area contributed by atoms with Gasteiger partial charge >= 0.3 is 0 Å². The van der Waals surface area contributed by atoms with Crippen LogP contribution in [0.2, 0.25) is 0 Å². The maximum Gasteiger partial charge on any atom is 0.0993 e.